The molecule has 14 heavy (non-hydrogen) atoms. The van der Waals surface area contributed by atoms with Gasteiger partial charge in [0.05, 0.1) is 5.69 Å². The zero-order chi connectivity index (χ0) is 10.4. The van der Waals surface area contributed by atoms with Crippen LogP contribution in [0.15, 0.2) is 21.2 Å². The molecule has 1 rings (SSSR count). The zero-order valence-electron chi connectivity index (χ0n) is 8.19. The first-order valence-electron chi connectivity index (χ1n) is 4.74. The number of rotatable bonds is 5. The Bertz CT molecular complexity index is 289. The van der Waals surface area contributed by atoms with Gasteiger partial charge in [-0.2, -0.15) is 0 Å². The number of halogens is 2. The summed E-state index contributed by atoms with van der Waals surface area (Å²) in [6.07, 6.45) is 3.97. The Balaban J connectivity index is 2.42. The van der Waals surface area contributed by atoms with Gasteiger partial charge in [0.25, 0.3) is 0 Å². The molecule has 0 aliphatic carbocycles. The fourth-order valence-corrected chi connectivity index (χ4v) is 2.32. The van der Waals surface area contributed by atoms with E-state index in [2.05, 4.69) is 49.1 Å². The Morgan fingerprint density at radius 1 is 1.36 bits per heavy atom. The minimum atomic E-state index is 0.966. The van der Waals surface area contributed by atoms with Gasteiger partial charge in [-0.05, 0) is 50.9 Å². The molecule has 1 N–H and O–H groups in total. The second-order valence-corrected chi connectivity index (χ2v) is 4.85. The fraction of sp³-hybridized carbons (Fsp3) is 0.500. The third kappa shape index (κ3) is 4.07. The molecular formula is C10H14Br2N2. The normalized spacial score (nSPS) is 10.5. The van der Waals surface area contributed by atoms with Gasteiger partial charge in [0, 0.05) is 28.1 Å². The molecule has 0 radical (unpaired) electrons. The summed E-state index contributed by atoms with van der Waals surface area (Å²) in [6.45, 7) is 4.23. The summed E-state index contributed by atoms with van der Waals surface area (Å²) >= 11 is 6.88. The quantitative estimate of drug-likeness (QED) is 0.843. The van der Waals surface area contributed by atoms with E-state index in [9.17, 15) is 0 Å². The average Bonchev–Trinajstić information content (AvgIpc) is 2.15. The molecule has 0 bridgehead atoms. The van der Waals surface area contributed by atoms with Crippen LogP contribution in [0.1, 0.15) is 19.0 Å². The highest BCUT2D eigenvalue weighted by Crippen LogP contribution is 2.19. The van der Waals surface area contributed by atoms with Gasteiger partial charge in [-0.25, -0.2) is 0 Å². The first kappa shape index (κ1) is 12.1. The molecule has 0 aliphatic rings. The van der Waals surface area contributed by atoms with Crippen molar-refractivity contribution < 1.29 is 0 Å². The highest BCUT2D eigenvalue weighted by atomic mass is 79.9. The molecule has 0 saturated heterocycles. The third-order valence-electron chi connectivity index (χ3n) is 1.85. The molecule has 0 saturated carbocycles. The largest absolute Gasteiger partial charge is 0.316 e. The van der Waals surface area contributed by atoms with E-state index in [1.165, 1.54) is 6.42 Å². The SMILES string of the molecule is CCCNCCc1ncc(Br)cc1Br. The van der Waals surface area contributed by atoms with E-state index in [1.807, 2.05) is 12.3 Å². The predicted octanol–water partition coefficient (Wildman–Crippen LogP) is 3.15. The summed E-state index contributed by atoms with van der Waals surface area (Å²) in [5.41, 5.74) is 1.11. The lowest BCUT2D eigenvalue weighted by Gasteiger charge is -2.04. The van der Waals surface area contributed by atoms with Crippen molar-refractivity contribution in [3.63, 3.8) is 0 Å². The zero-order valence-corrected chi connectivity index (χ0v) is 11.4. The van der Waals surface area contributed by atoms with Crippen molar-refractivity contribution in [3.8, 4) is 0 Å². The van der Waals surface area contributed by atoms with Crippen molar-refractivity contribution in [2.45, 2.75) is 19.8 Å². The van der Waals surface area contributed by atoms with Gasteiger partial charge in [0.2, 0.25) is 0 Å². The summed E-state index contributed by atoms with van der Waals surface area (Å²) in [4.78, 5) is 4.34. The molecule has 0 aromatic carbocycles. The van der Waals surface area contributed by atoms with Gasteiger partial charge in [-0.3, -0.25) is 4.98 Å². The Morgan fingerprint density at radius 3 is 2.79 bits per heavy atom. The Hall–Kier alpha value is 0.0700. The van der Waals surface area contributed by atoms with Gasteiger partial charge in [-0.15, -0.1) is 0 Å². The molecule has 2 nitrogen and oxygen atoms in total. The van der Waals surface area contributed by atoms with Crippen LogP contribution in [-0.4, -0.2) is 18.1 Å². The second kappa shape index (κ2) is 6.53. The maximum absolute atomic E-state index is 4.34. The highest BCUT2D eigenvalue weighted by Gasteiger charge is 2.01. The molecule has 1 heterocycles. The second-order valence-electron chi connectivity index (χ2n) is 3.08. The van der Waals surface area contributed by atoms with E-state index < -0.39 is 0 Å². The topological polar surface area (TPSA) is 24.9 Å². The van der Waals surface area contributed by atoms with Crippen molar-refractivity contribution in [1.82, 2.24) is 10.3 Å². The molecule has 1 aromatic rings. The molecule has 0 atom stereocenters. The van der Waals surface area contributed by atoms with Crippen LogP contribution in [-0.2, 0) is 6.42 Å². The van der Waals surface area contributed by atoms with Crippen molar-refractivity contribution in [2.75, 3.05) is 13.1 Å². The highest BCUT2D eigenvalue weighted by molar-refractivity contribution is 9.11. The van der Waals surface area contributed by atoms with Crippen molar-refractivity contribution in [2.24, 2.45) is 0 Å². The van der Waals surface area contributed by atoms with E-state index in [0.717, 1.165) is 34.1 Å². The van der Waals surface area contributed by atoms with Gasteiger partial charge < -0.3 is 5.32 Å². The van der Waals surface area contributed by atoms with Gasteiger partial charge in [-0.1, -0.05) is 6.92 Å². The molecule has 0 fully saturated rings. The molecule has 1 aromatic heterocycles. The smallest absolute Gasteiger partial charge is 0.0558 e. The van der Waals surface area contributed by atoms with E-state index >= 15 is 0 Å². The minimum absolute atomic E-state index is 0.966. The van der Waals surface area contributed by atoms with Crippen LogP contribution in [0.25, 0.3) is 0 Å². The number of aromatic nitrogens is 1. The maximum atomic E-state index is 4.34. The molecule has 4 heteroatoms. The third-order valence-corrected chi connectivity index (χ3v) is 2.97. The number of pyridine rings is 1. The van der Waals surface area contributed by atoms with E-state index in [1.54, 1.807) is 0 Å². The fourth-order valence-electron chi connectivity index (χ4n) is 1.14. The first-order chi connectivity index (χ1) is 6.74. The number of hydrogen-bond acceptors (Lipinski definition) is 2. The molecule has 0 spiro atoms. The number of nitrogens with one attached hydrogen (secondary N) is 1. The summed E-state index contributed by atoms with van der Waals surface area (Å²) in [5, 5.41) is 3.35. The maximum Gasteiger partial charge on any atom is 0.0558 e. The number of hydrogen-bond donors (Lipinski definition) is 1. The predicted molar refractivity (Wildman–Crippen MR) is 66.5 cm³/mol. The van der Waals surface area contributed by atoms with E-state index in [-0.39, 0.29) is 0 Å². The average molecular weight is 322 g/mol. The lowest BCUT2D eigenvalue weighted by molar-refractivity contribution is 0.664. The van der Waals surface area contributed by atoms with Crippen molar-refractivity contribution in [1.29, 1.82) is 0 Å². The lowest BCUT2D eigenvalue weighted by atomic mass is 10.2. The van der Waals surface area contributed by atoms with E-state index in [0.29, 0.717) is 0 Å². The standard InChI is InChI=1S/C10H14Br2N2/c1-2-4-13-5-3-10-9(12)6-8(11)7-14-10/h6-7,13H,2-5H2,1H3. The van der Waals surface area contributed by atoms with Crippen molar-refractivity contribution in [3.05, 3.63) is 26.9 Å². The molecule has 0 aliphatic heterocycles. The summed E-state index contributed by atoms with van der Waals surface area (Å²) < 4.78 is 2.08. The summed E-state index contributed by atoms with van der Waals surface area (Å²) in [7, 11) is 0. The summed E-state index contributed by atoms with van der Waals surface area (Å²) in [6, 6.07) is 2.03. The van der Waals surface area contributed by atoms with Crippen LogP contribution in [0.4, 0.5) is 0 Å². The Labute approximate surface area is 102 Å². The Morgan fingerprint density at radius 2 is 2.14 bits per heavy atom. The van der Waals surface area contributed by atoms with Crippen LogP contribution in [0.2, 0.25) is 0 Å². The first-order valence-corrected chi connectivity index (χ1v) is 6.33. The van der Waals surface area contributed by atoms with Crippen molar-refractivity contribution >= 4 is 31.9 Å². The summed E-state index contributed by atoms with van der Waals surface area (Å²) in [5.74, 6) is 0. The molecular weight excluding hydrogens is 308 g/mol. The van der Waals surface area contributed by atoms with Crippen LogP contribution in [0.5, 0.6) is 0 Å². The van der Waals surface area contributed by atoms with Crippen LogP contribution in [0, 0.1) is 0 Å². The molecule has 78 valence electrons. The lowest BCUT2D eigenvalue weighted by Crippen LogP contribution is -2.18. The monoisotopic (exact) mass is 320 g/mol. The number of nitrogens with zero attached hydrogens (tertiary/aromatic N) is 1. The van der Waals surface area contributed by atoms with Crippen LogP contribution in [0.3, 0.4) is 0 Å². The van der Waals surface area contributed by atoms with E-state index in [4.69, 9.17) is 0 Å². The van der Waals surface area contributed by atoms with Gasteiger partial charge >= 0.3 is 0 Å². The van der Waals surface area contributed by atoms with Crippen LogP contribution < -0.4 is 5.32 Å². The van der Waals surface area contributed by atoms with Gasteiger partial charge in [0.15, 0.2) is 0 Å². The Kier molecular flexibility index (Phi) is 5.67. The molecule has 0 unspecified atom stereocenters. The van der Waals surface area contributed by atoms with Gasteiger partial charge in [0.1, 0.15) is 0 Å². The molecule has 0 amide bonds. The minimum Gasteiger partial charge on any atom is -0.316 e. The van der Waals surface area contributed by atoms with Crippen LogP contribution >= 0.6 is 31.9 Å².